The minimum Gasteiger partial charge on any atom is -0.455 e. The van der Waals surface area contributed by atoms with Crippen molar-refractivity contribution in [2.24, 2.45) is 0 Å². The van der Waals surface area contributed by atoms with Crippen LogP contribution >= 0.6 is 0 Å². The average Bonchev–Trinajstić information content (AvgIpc) is 3.58. The minimum absolute atomic E-state index is 0.603. The summed E-state index contributed by atoms with van der Waals surface area (Å²) in [6, 6.07) is 56.7. The van der Waals surface area contributed by atoms with Gasteiger partial charge >= 0.3 is 0 Å². The third-order valence-electron chi connectivity index (χ3n) is 9.51. The second kappa shape index (κ2) is 11.0. The smallest absolute Gasteiger partial charge is 0.164 e. The van der Waals surface area contributed by atoms with Crippen LogP contribution in [0, 0.1) is 0 Å². The van der Waals surface area contributed by atoms with Gasteiger partial charge in [-0.2, -0.15) is 0 Å². The maximum atomic E-state index is 6.80. The summed E-state index contributed by atoms with van der Waals surface area (Å²) in [4.78, 5) is 15.4. The summed E-state index contributed by atoms with van der Waals surface area (Å²) in [7, 11) is 0. The van der Waals surface area contributed by atoms with Crippen molar-refractivity contribution in [2.75, 3.05) is 0 Å². The zero-order valence-corrected chi connectivity index (χ0v) is 26.3. The molecular weight excluding hydrogens is 599 g/mol. The summed E-state index contributed by atoms with van der Waals surface area (Å²) in [5.41, 5.74) is 6.74. The van der Waals surface area contributed by atoms with Crippen LogP contribution < -0.4 is 0 Å². The van der Waals surface area contributed by atoms with Gasteiger partial charge in [-0.05, 0) is 50.2 Å². The second-order valence-corrected chi connectivity index (χ2v) is 12.4. The Morgan fingerprint density at radius 2 is 0.776 bits per heavy atom. The summed E-state index contributed by atoms with van der Waals surface area (Å²) >= 11 is 0. The highest BCUT2D eigenvalue weighted by Crippen LogP contribution is 2.46. The summed E-state index contributed by atoms with van der Waals surface area (Å²) in [6.45, 7) is 0. The van der Waals surface area contributed by atoms with Crippen LogP contribution in [0.3, 0.4) is 0 Å². The first kappa shape index (κ1) is 27.5. The number of aromatic nitrogens is 3. The lowest BCUT2D eigenvalue weighted by molar-refractivity contribution is 0.673. The zero-order valence-electron chi connectivity index (χ0n) is 26.3. The molecule has 0 aliphatic carbocycles. The highest BCUT2D eigenvalue weighted by molar-refractivity contribution is 6.34. The Balaban J connectivity index is 1.30. The Kier molecular flexibility index (Phi) is 6.15. The molecule has 4 heteroatoms. The maximum absolute atomic E-state index is 6.80. The van der Waals surface area contributed by atoms with E-state index in [1.807, 2.05) is 48.5 Å². The molecule has 0 fully saturated rings. The van der Waals surface area contributed by atoms with Crippen LogP contribution in [-0.4, -0.2) is 15.0 Å². The van der Waals surface area contributed by atoms with Gasteiger partial charge in [0.25, 0.3) is 0 Å². The number of benzene rings is 8. The SMILES string of the molecule is c1ccc(-c2ccc(-c3nc(-c4ccccc4)nc(-c4cc5c6ccccc6c6ccccc6c5c5oc6ccccc6c45)n3)cc2)cc1. The summed E-state index contributed by atoms with van der Waals surface area (Å²) < 4.78 is 6.80. The molecule has 0 N–H and O–H groups in total. The lowest BCUT2D eigenvalue weighted by Gasteiger charge is -2.14. The molecule has 2 aromatic heterocycles. The second-order valence-electron chi connectivity index (χ2n) is 12.4. The monoisotopic (exact) mass is 625 g/mol. The fourth-order valence-corrected chi connectivity index (χ4v) is 7.23. The quantitative estimate of drug-likeness (QED) is 0.183. The Morgan fingerprint density at radius 1 is 0.327 bits per heavy atom. The third kappa shape index (κ3) is 4.42. The number of hydrogen-bond donors (Lipinski definition) is 0. The molecular formula is C45H27N3O. The molecule has 0 unspecified atom stereocenters. The van der Waals surface area contributed by atoms with Crippen molar-refractivity contribution in [1.82, 2.24) is 15.0 Å². The molecule has 0 bridgehead atoms. The largest absolute Gasteiger partial charge is 0.455 e. The normalized spacial score (nSPS) is 11.7. The Bertz CT molecular complexity index is 2860. The van der Waals surface area contributed by atoms with Gasteiger partial charge in [-0.3, -0.25) is 0 Å². The van der Waals surface area contributed by atoms with Gasteiger partial charge in [-0.15, -0.1) is 0 Å². The first-order chi connectivity index (χ1) is 24.3. The van der Waals surface area contributed by atoms with Gasteiger partial charge < -0.3 is 4.42 Å². The van der Waals surface area contributed by atoms with Crippen molar-refractivity contribution in [2.45, 2.75) is 0 Å². The van der Waals surface area contributed by atoms with E-state index < -0.39 is 0 Å². The van der Waals surface area contributed by atoms with E-state index in [4.69, 9.17) is 19.4 Å². The van der Waals surface area contributed by atoms with Crippen LogP contribution in [0.25, 0.3) is 99.5 Å². The lowest BCUT2D eigenvalue weighted by Crippen LogP contribution is -2.00. The Hall–Kier alpha value is -6.65. The predicted octanol–water partition coefficient (Wildman–Crippen LogP) is 11.9. The molecule has 0 aliphatic heterocycles. The topological polar surface area (TPSA) is 51.8 Å². The van der Waals surface area contributed by atoms with Crippen LogP contribution in [0.1, 0.15) is 0 Å². The number of rotatable bonds is 4. The first-order valence-electron chi connectivity index (χ1n) is 16.5. The van der Waals surface area contributed by atoms with E-state index in [9.17, 15) is 0 Å². The van der Waals surface area contributed by atoms with E-state index in [1.54, 1.807) is 0 Å². The molecule has 0 saturated heterocycles. The zero-order chi connectivity index (χ0) is 32.3. The number of nitrogens with zero attached hydrogens (tertiary/aromatic N) is 3. The van der Waals surface area contributed by atoms with Gasteiger partial charge in [0.1, 0.15) is 11.2 Å². The van der Waals surface area contributed by atoms with Gasteiger partial charge in [0.15, 0.2) is 17.5 Å². The van der Waals surface area contributed by atoms with E-state index in [1.165, 1.54) is 16.3 Å². The Morgan fingerprint density at radius 3 is 1.45 bits per heavy atom. The number of fused-ring (bicyclic) bond motifs is 10. The summed E-state index contributed by atoms with van der Waals surface area (Å²) in [5.74, 6) is 1.84. The van der Waals surface area contributed by atoms with Gasteiger partial charge in [-0.25, -0.2) is 15.0 Å². The standard InChI is InChI=1S/C45H27N3O/c1-3-13-28(14-4-1)29-23-25-31(26-24-29)44-46-43(30-15-5-2-6-16-30)47-45(48-44)38-27-37-34-19-8-7-17-32(34)33-18-9-10-20-35(33)40(37)42-41(38)36-21-11-12-22-39(36)49-42/h1-27H. The molecule has 0 saturated carbocycles. The molecule has 0 amide bonds. The van der Waals surface area contributed by atoms with Crippen LogP contribution in [0.4, 0.5) is 0 Å². The lowest BCUT2D eigenvalue weighted by atomic mass is 9.91. The minimum atomic E-state index is 0.603. The fraction of sp³-hybridized carbons (Fsp3) is 0. The molecule has 8 aromatic carbocycles. The van der Waals surface area contributed by atoms with E-state index in [2.05, 4.69) is 115 Å². The molecule has 0 aliphatic rings. The van der Waals surface area contributed by atoms with Crippen molar-refractivity contribution in [3.05, 3.63) is 164 Å². The molecule has 4 nitrogen and oxygen atoms in total. The van der Waals surface area contributed by atoms with Gasteiger partial charge in [0.05, 0.1) is 0 Å². The van der Waals surface area contributed by atoms with Crippen LogP contribution in [0.15, 0.2) is 168 Å². The number of furan rings is 1. The van der Waals surface area contributed by atoms with E-state index in [-0.39, 0.29) is 0 Å². The average molecular weight is 626 g/mol. The van der Waals surface area contributed by atoms with Gasteiger partial charge in [0, 0.05) is 32.8 Å². The predicted molar refractivity (Wildman–Crippen MR) is 201 cm³/mol. The van der Waals surface area contributed by atoms with Crippen molar-refractivity contribution in [3.8, 4) is 45.3 Å². The van der Waals surface area contributed by atoms with Crippen molar-refractivity contribution in [3.63, 3.8) is 0 Å². The highest BCUT2D eigenvalue weighted by atomic mass is 16.3. The Labute approximate surface area is 282 Å². The fourth-order valence-electron chi connectivity index (χ4n) is 7.23. The molecule has 0 atom stereocenters. The summed E-state index contributed by atoms with van der Waals surface area (Å²) in [6.07, 6.45) is 0. The molecule has 10 aromatic rings. The molecule has 2 heterocycles. The molecule has 0 radical (unpaired) electrons. The van der Waals surface area contributed by atoms with Crippen molar-refractivity contribution in [1.29, 1.82) is 0 Å². The van der Waals surface area contributed by atoms with Crippen molar-refractivity contribution >= 4 is 54.3 Å². The number of para-hydroxylation sites is 1. The van der Waals surface area contributed by atoms with Gasteiger partial charge in [-0.1, -0.05) is 152 Å². The molecule has 0 spiro atoms. The van der Waals surface area contributed by atoms with E-state index in [0.29, 0.717) is 17.5 Å². The molecule has 10 rings (SSSR count). The van der Waals surface area contributed by atoms with Crippen LogP contribution in [-0.2, 0) is 0 Å². The first-order valence-corrected chi connectivity index (χ1v) is 16.5. The summed E-state index contributed by atoms with van der Waals surface area (Å²) in [5, 5.41) is 8.95. The molecule has 228 valence electrons. The molecule has 49 heavy (non-hydrogen) atoms. The van der Waals surface area contributed by atoms with Gasteiger partial charge in [0.2, 0.25) is 0 Å². The highest BCUT2D eigenvalue weighted by Gasteiger charge is 2.22. The van der Waals surface area contributed by atoms with Crippen molar-refractivity contribution < 1.29 is 4.42 Å². The van der Waals surface area contributed by atoms with Crippen LogP contribution in [0.2, 0.25) is 0 Å². The number of hydrogen-bond acceptors (Lipinski definition) is 4. The third-order valence-corrected chi connectivity index (χ3v) is 9.51. The van der Waals surface area contributed by atoms with E-state index in [0.717, 1.165) is 65.7 Å². The van der Waals surface area contributed by atoms with Crippen LogP contribution in [0.5, 0.6) is 0 Å². The van der Waals surface area contributed by atoms with E-state index >= 15 is 0 Å². The maximum Gasteiger partial charge on any atom is 0.164 e.